The van der Waals surface area contributed by atoms with Crippen LogP contribution in [0.25, 0.3) is 0 Å². The van der Waals surface area contributed by atoms with Crippen LogP contribution in [0.15, 0.2) is 48.5 Å². The molecule has 1 heterocycles. The SMILES string of the molecule is Cc1ccccc1CN1CCN(Cc2ccc(C#N)cc2)C1=O. The van der Waals surface area contributed by atoms with Gasteiger partial charge >= 0.3 is 6.03 Å². The van der Waals surface area contributed by atoms with E-state index in [0.29, 0.717) is 18.7 Å². The number of urea groups is 1. The molecule has 0 unspecified atom stereocenters. The summed E-state index contributed by atoms with van der Waals surface area (Å²) in [6.07, 6.45) is 0. The Morgan fingerprint density at radius 2 is 1.65 bits per heavy atom. The van der Waals surface area contributed by atoms with Crippen molar-refractivity contribution < 1.29 is 4.79 Å². The van der Waals surface area contributed by atoms with E-state index in [-0.39, 0.29) is 6.03 Å². The molecule has 2 amide bonds. The van der Waals surface area contributed by atoms with Crippen molar-refractivity contribution in [1.82, 2.24) is 9.80 Å². The molecule has 0 N–H and O–H groups in total. The van der Waals surface area contributed by atoms with Crippen LogP contribution in [0.2, 0.25) is 0 Å². The van der Waals surface area contributed by atoms with Crippen LogP contribution in [0.5, 0.6) is 0 Å². The molecule has 4 heteroatoms. The van der Waals surface area contributed by atoms with Gasteiger partial charge in [0.25, 0.3) is 0 Å². The zero-order chi connectivity index (χ0) is 16.2. The summed E-state index contributed by atoms with van der Waals surface area (Å²) in [6, 6.07) is 17.8. The number of carbonyl (C=O) groups is 1. The molecule has 0 aromatic heterocycles. The zero-order valence-corrected chi connectivity index (χ0v) is 13.2. The van der Waals surface area contributed by atoms with Crippen molar-refractivity contribution in [3.63, 3.8) is 0 Å². The lowest BCUT2D eigenvalue weighted by molar-refractivity contribution is 0.189. The van der Waals surface area contributed by atoms with Gasteiger partial charge in [-0.25, -0.2) is 4.79 Å². The Balaban J connectivity index is 1.64. The first-order valence-electron chi connectivity index (χ1n) is 7.75. The molecule has 1 fully saturated rings. The van der Waals surface area contributed by atoms with E-state index >= 15 is 0 Å². The largest absolute Gasteiger partial charge is 0.320 e. The lowest BCUT2D eigenvalue weighted by Gasteiger charge is -2.19. The second-order valence-electron chi connectivity index (χ2n) is 5.86. The Hall–Kier alpha value is -2.80. The molecule has 1 aliphatic heterocycles. The predicted molar refractivity (Wildman–Crippen MR) is 88.6 cm³/mol. The number of nitrogens with zero attached hydrogens (tertiary/aromatic N) is 3. The first-order valence-corrected chi connectivity index (χ1v) is 7.75. The van der Waals surface area contributed by atoms with E-state index in [0.717, 1.165) is 18.7 Å². The summed E-state index contributed by atoms with van der Waals surface area (Å²) in [5.41, 5.74) is 4.10. The van der Waals surface area contributed by atoms with E-state index in [2.05, 4.69) is 25.1 Å². The molecule has 0 bridgehead atoms. The maximum Gasteiger partial charge on any atom is 0.320 e. The van der Waals surface area contributed by atoms with Crippen molar-refractivity contribution in [2.75, 3.05) is 13.1 Å². The molecule has 0 saturated carbocycles. The highest BCUT2D eigenvalue weighted by Crippen LogP contribution is 2.18. The first-order chi connectivity index (χ1) is 11.2. The molecule has 0 spiro atoms. The number of nitriles is 1. The Kier molecular flexibility index (Phi) is 4.29. The third-order valence-electron chi connectivity index (χ3n) is 4.26. The Morgan fingerprint density at radius 1 is 1.00 bits per heavy atom. The number of benzene rings is 2. The molecule has 4 nitrogen and oxygen atoms in total. The average molecular weight is 305 g/mol. The van der Waals surface area contributed by atoms with Crippen LogP contribution in [0.3, 0.4) is 0 Å². The third-order valence-corrected chi connectivity index (χ3v) is 4.26. The molecular formula is C19H19N3O. The molecular weight excluding hydrogens is 286 g/mol. The van der Waals surface area contributed by atoms with E-state index in [1.807, 2.05) is 34.1 Å². The Labute approximate surface area is 136 Å². The standard InChI is InChI=1S/C19H19N3O/c1-15-4-2-3-5-18(15)14-22-11-10-21(19(22)23)13-17-8-6-16(12-20)7-9-17/h2-9H,10-11,13-14H2,1H3. The molecule has 2 aromatic carbocycles. The van der Waals surface area contributed by atoms with Crippen LogP contribution in [0.1, 0.15) is 22.3 Å². The summed E-state index contributed by atoms with van der Waals surface area (Å²) in [4.78, 5) is 16.3. The van der Waals surface area contributed by atoms with E-state index in [1.165, 1.54) is 11.1 Å². The highest BCUT2D eigenvalue weighted by Gasteiger charge is 2.28. The molecule has 0 aliphatic carbocycles. The summed E-state index contributed by atoms with van der Waals surface area (Å²) >= 11 is 0. The molecule has 3 rings (SSSR count). The summed E-state index contributed by atoms with van der Waals surface area (Å²) in [5, 5.41) is 8.83. The molecule has 1 saturated heterocycles. The normalized spacial score (nSPS) is 14.2. The van der Waals surface area contributed by atoms with Crippen molar-refractivity contribution in [1.29, 1.82) is 5.26 Å². The minimum Gasteiger partial charge on any atom is -0.319 e. The van der Waals surface area contributed by atoms with Crippen molar-refractivity contribution in [2.45, 2.75) is 20.0 Å². The van der Waals surface area contributed by atoms with Crippen LogP contribution < -0.4 is 0 Å². The van der Waals surface area contributed by atoms with Gasteiger partial charge in [0.05, 0.1) is 11.6 Å². The number of hydrogen-bond donors (Lipinski definition) is 0. The topological polar surface area (TPSA) is 47.3 Å². The molecule has 0 radical (unpaired) electrons. The van der Waals surface area contributed by atoms with Crippen LogP contribution in [-0.2, 0) is 13.1 Å². The first kappa shape index (κ1) is 15.1. The minimum absolute atomic E-state index is 0.0811. The van der Waals surface area contributed by atoms with E-state index in [1.54, 1.807) is 12.1 Å². The number of carbonyl (C=O) groups excluding carboxylic acids is 1. The van der Waals surface area contributed by atoms with Crippen molar-refractivity contribution in [2.24, 2.45) is 0 Å². The van der Waals surface area contributed by atoms with E-state index in [4.69, 9.17) is 5.26 Å². The Morgan fingerprint density at radius 3 is 2.30 bits per heavy atom. The summed E-state index contributed by atoms with van der Waals surface area (Å²) < 4.78 is 0. The maximum absolute atomic E-state index is 12.5. The van der Waals surface area contributed by atoms with Gasteiger partial charge < -0.3 is 9.80 Å². The van der Waals surface area contributed by atoms with Crippen LogP contribution >= 0.6 is 0 Å². The van der Waals surface area contributed by atoms with Crippen LogP contribution in [0.4, 0.5) is 4.79 Å². The fourth-order valence-electron chi connectivity index (χ4n) is 2.82. The molecule has 116 valence electrons. The smallest absolute Gasteiger partial charge is 0.319 e. The van der Waals surface area contributed by atoms with Crippen molar-refractivity contribution in [3.05, 3.63) is 70.8 Å². The van der Waals surface area contributed by atoms with Gasteiger partial charge in [0.1, 0.15) is 0 Å². The van der Waals surface area contributed by atoms with Gasteiger partial charge in [-0.15, -0.1) is 0 Å². The summed E-state index contributed by atoms with van der Waals surface area (Å²) in [6.45, 7) is 4.82. The quantitative estimate of drug-likeness (QED) is 0.870. The fourth-order valence-corrected chi connectivity index (χ4v) is 2.82. The molecule has 2 aromatic rings. The van der Waals surface area contributed by atoms with Gasteiger partial charge in [-0.05, 0) is 35.7 Å². The fraction of sp³-hybridized carbons (Fsp3) is 0.263. The van der Waals surface area contributed by atoms with Gasteiger partial charge in [-0.2, -0.15) is 5.26 Å². The predicted octanol–water partition coefficient (Wildman–Crippen LogP) is 3.30. The summed E-state index contributed by atoms with van der Waals surface area (Å²) in [7, 11) is 0. The minimum atomic E-state index is 0.0811. The monoisotopic (exact) mass is 305 g/mol. The van der Waals surface area contributed by atoms with Crippen molar-refractivity contribution in [3.8, 4) is 6.07 Å². The average Bonchev–Trinajstić information content (AvgIpc) is 2.91. The third kappa shape index (κ3) is 3.35. The zero-order valence-electron chi connectivity index (χ0n) is 13.2. The molecule has 23 heavy (non-hydrogen) atoms. The molecule has 0 atom stereocenters. The van der Waals surface area contributed by atoms with Gasteiger partial charge in [0, 0.05) is 26.2 Å². The number of hydrogen-bond acceptors (Lipinski definition) is 2. The number of rotatable bonds is 4. The van der Waals surface area contributed by atoms with Crippen LogP contribution in [0, 0.1) is 18.3 Å². The summed E-state index contributed by atoms with van der Waals surface area (Å²) in [5.74, 6) is 0. The number of aryl methyl sites for hydroxylation is 1. The van der Waals surface area contributed by atoms with E-state index < -0.39 is 0 Å². The molecule has 1 aliphatic rings. The van der Waals surface area contributed by atoms with Gasteiger partial charge in [-0.1, -0.05) is 36.4 Å². The van der Waals surface area contributed by atoms with Crippen LogP contribution in [-0.4, -0.2) is 28.9 Å². The van der Waals surface area contributed by atoms with Gasteiger partial charge in [0.2, 0.25) is 0 Å². The van der Waals surface area contributed by atoms with E-state index in [9.17, 15) is 4.79 Å². The van der Waals surface area contributed by atoms with Gasteiger partial charge in [-0.3, -0.25) is 0 Å². The maximum atomic E-state index is 12.5. The lowest BCUT2D eigenvalue weighted by atomic mass is 10.1. The highest BCUT2D eigenvalue weighted by molar-refractivity contribution is 5.76. The highest BCUT2D eigenvalue weighted by atomic mass is 16.2. The second-order valence-corrected chi connectivity index (χ2v) is 5.86. The lowest BCUT2D eigenvalue weighted by Crippen LogP contribution is -2.31. The van der Waals surface area contributed by atoms with Crippen molar-refractivity contribution >= 4 is 6.03 Å². The van der Waals surface area contributed by atoms with Gasteiger partial charge in [0.15, 0.2) is 0 Å². The second kappa shape index (κ2) is 6.53. The number of amides is 2. The Bertz CT molecular complexity index is 746.